The maximum atomic E-state index is 13.3. The number of hydrogen-bond donors (Lipinski definition) is 1. The molecule has 0 aliphatic carbocycles. The molecule has 0 bridgehead atoms. The van der Waals surface area contributed by atoms with E-state index in [1.807, 2.05) is 34.5 Å². The van der Waals surface area contributed by atoms with Crippen LogP contribution in [0, 0.1) is 18.6 Å². The Morgan fingerprint density at radius 2 is 1.68 bits per heavy atom. The smallest absolute Gasteiger partial charge is 0.267 e. The van der Waals surface area contributed by atoms with Crippen LogP contribution in [0.2, 0.25) is 0 Å². The van der Waals surface area contributed by atoms with Gasteiger partial charge in [0.25, 0.3) is 5.91 Å². The van der Waals surface area contributed by atoms with Crippen molar-refractivity contribution in [3.63, 3.8) is 0 Å². The quantitative estimate of drug-likeness (QED) is 0.449. The molecule has 1 amide bonds. The molecular formula is C22H16F2N2OS. The summed E-state index contributed by atoms with van der Waals surface area (Å²) in [5, 5.41) is 4.75. The van der Waals surface area contributed by atoms with Gasteiger partial charge in [-0.25, -0.2) is 8.78 Å². The lowest BCUT2D eigenvalue weighted by Gasteiger charge is -2.11. The number of rotatable bonds is 4. The predicted molar refractivity (Wildman–Crippen MR) is 108 cm³/mol. The largest absolute Gasteiger partial charge is 0.322 e. The zero-order chi connectivity index (χ0) is 19.7. The van der Waals surface area contributed by atoms with Gasteiger partial charge in [0.1, 0.15) is 16.5 Å². The van der Waals surface area contributed by atoms with Crippen molar-refractivity contribution in [2.45, 2.75) is 6.92 Å². The molecule has 3 nitrogen and oxygen atoms in total. The molecule has 4 aromatic rings. The van der Waals surface area contributed by atoms with Crippen molar-refractivity contribution < 1.29 is 13.6 Å². The van der Waals surface area contributed by atoms with E-state index in [2.05, 4.69) is 5.32 Å². The summed E-state index contributed by atoms with van der Waals surface area (Å²) in [6, 6.07) is 14.2. The average molecular weight is 394 g/mol. The summed E-state index contributed by atoms with van der Waals surface area (Å²) in [5.41, 5.74) is 3.58. The first-order chi connectivity index (χ1) is 13.5. The molecule has 0 aliphatic rings. The first kappa shape index (κ1) is 18.1. The van der Waals surface area contributed by atoms with Gasteiger partial charge in [-0.3, -0.25) is 4.79 Å². The number of halogens is 2. The van der Waals surface area contributed by atoms with Crippen molar-refractivity contribution in [3.05, 3.63) is 94.4 Å². The molecule has 0 saturated heterocycles. The molecule has 0 fully saturated rings. The van der Waals surface area contributed by atoms with E-state index in [1.54, 1.807) is 25.1 Å². The fourth-order valence-electron chi connectivity index (χ4n) is 3.03. The third kappa shape index (κ3) is 3.46. The van der Waals surface area contributed by atoms with Gasteiger partial charge in [0.05, 0.1) is 5.69 Å². The first-order valence-corrected chi connectivity index (χ1v) is 9.49. The number of aromatic nitrogens is 1. The van der Waals surface area contributed by atoms with Crippen molar-refractivity contribution in [3.8, 4) is 16.8 Å². The van der Waals surface area contributed by atoms with Gasteiger partial charge in [0.2, 0.25) is 0 Å². The van der Waals surface area contributed by atoms with E-state index in [-0.39, 0.29) is 17.5 Å². The number of amides is 1. The minimum Gasteiger partial charge on any atom is -0.322 e. The zero-order valence-corrected chi connectivity index (χ0v) is 15.8. The molecule has 6 heteroatoms. The lowest BCUT2D eigenvalue weighted by molar-refractivity contribution is 0.103. The molecule has 0 unspecified atom stereocenters. The molecule has 0 saturated carbocycles. The molecule has 0 atom stereocenters. The Morgan fingerprint density at radius 1 is 1.00 bits per heavy atom. The first-order valence-electron chi connectivity index (χ1n) is 8.61. The molecule has 0 spiro atoms. The monoisotopic (exact) mass is 394 g/mol. The van der Waals surface area contributed by atoms with E-state index in [0.717, 1.165) is 16.8 Å². The Hall–Kier alpha value is -3.25. The molecule has 0 aliphatic heterocycles. The summed E-state index contributed by atoms with van der Waals surface area (Å²) in [6.45, 7) is 1.74. The van der Waals surface area contributed by atoms with Crippen molar-refractivity contribution in [2.75, 3.05) is 5.32 Å². The summed E-state index contributed by atoms with van der Waals surface area (Å²) in [4.78, 5) is 13.5. The van der Waals surface area contributed by atoms with Gasteiger partial charge in [0, 0.05) is 29.0 Å². The topological polar surface area (TPSA) is 34.0 Å². The second kappa shape index (κ2) is 7.40. The van der Waals surface area contributed by atoms with E-state index < -0.39 is 0 Å². The highest BCUT2D eigenvalue weighted by molar-refractivity contribution is 7.13. The standard InChI is InChI=1S/C22H16F2N2OS/c1-14-12-17(24)8-9-19(14)25-22(27)21-20(26-10-2-3-11-26)18(13-28-21)15-4-6-16(23)7-5-15/h2-13H,1H3,(H,25,27). The number of thiophene rings is 1. The maximum absolute atomic E-state index is 13.3. The maximum Gasteiger partial charge on any atom is 0.267 e. The van der Waals surface area contributed by atoms with E-state index in [0.29, 0.717) is 16.1 Å². The summed E-state index contributed by atoms with van der Waals surface area (Å²) < 4.78 is 28.5. The fourth-order valence-corrected chi connectivity index (χ4v) is 4.00. The van der Waals surface area contributed by atoms with E-state index in [4.69, 9.17) is 0 Å². The highest BCUT2D eigenvalue weighted by Crippen LogP contribution is 2.35. The van der Waals surface area contributed by atoms with Gasteiger partial charge in [-0.1, -0.05) is 12.1 Å². The van der Waals surface area contributed by atoms with Crippen LogP contribution in [0.5, 0.6) is 0 Å². The number of nitrogens with zero attached hydrogens (tertiary/aromatic N) is 1. The lowest BCUT2D eigenvalue weighted by Crippen LogP contribution is -2.13. The van der Waals surface area contributed by atoms with Crippen molar-refractivity contribution >= 4 is 22.9 Å². The predicted octanol–water partition coefficient (Wildman–Crippen LogP) is 6.04. The number of carbonyl (C=O) groups excluding carboxylic acids is 1. The van der Waals surface area contributed by atoms with Gasteiger partial charge < -0.3 is 9.88 Å². The number of anilines is 1. The van der Waals surface area contributed by atoms with E-state index >= 15 is 0 Å². The summed E-state index contributed by atoms with van der Waals surface area (Å²) in [7, 11) is 0. The van der Waals surface area contributed by atoms with Crippen LogP contribution < -0.4 is 5.32 Å². The normalized spacial score (nSPS) is 10.8. The van der Waals surface area contributed by atoms with Gasteiger partial charge in [-0.05, 0) is 60.5 Å². The van der Waals surface area contributed by atoms with Crippen LogP contribution in [0.4, 0.5) is 14.5 Å². The molecule has 0 radical (unpaired) electrons. The highest BCUT2D eigenvalue weighted by Gasteiger charge is 2.21. The highest BCUT2D eigenvalue weighted by atomic mass is 32.1. The summed E-state index contributed by atoms with van der Waals surface area (Å²) >= 11 is 1.31. The second-order valence-corrected chi connectivity index (χ2v) is 7.22. The SMILES string of the molecule is Cc1cc(F)ccc1NC(=O)c1scc(-c2ccc(F)cc2)c1-n1cccc1. The van der Waals surface area contributed by atoms with Crippen LogP contribution in [0.1, 0.15) is 15.2 Å². The van der Waals surface area contributed by atoms with Gasteiger partial charge in [0.15, 0.2) is 0 Å². The van der Waals surface area contributed by atoms with Crippen LogP contribution >= 0.6 is 11.3 Å². The van der Waals surface area contributed by atoms with Crippen molar-refractivity contribution in [1.82, 2.24) is 4.57 Å². The number of nitrogens with one attached hydrogen (secondary N) is 1. The Balaban J connectivity index is 1.76. The second-order valence-electron chi connectivity index (χ2n) is 6.34. The molecule has 2 aromatic carbocycles. The Labute approximate surface area is 164 Å². The number of benzene rings is 2. The molecule has 2 aromatic heterocycles. The molecule has 28 heavy (non-hydrogen) atoms. The van der Waals surface area contributed by atoms with E-state index in [1.165, 1.54) is 35.6 Å². The molecule has 2 heterocycles. The molecular weight excluding hydrogens is 378 g/mol. The van der Waals surface area contributed by atoms with Crippen LogP contribution in [0.25, 0.3) is 16.8 Å². The van der Waals surface area contributed by atoms with Crippen LogP contribution in [-0.4, -0.2) is 10.5 Å². The molecule has 1 N–H and O–H groups in total. The van der Waals surface area contributed by atoms with Crippen LogP contribution in [0.3, 0.4) is 0 Å². The van der Waals surface area contributed by atoms with Gasteiger partial charge >= 0.3 is 0 Å². The van der Waals surface area contributed by atoms with Crippen LogP contribution in [-0.2, 0) is 0 Å². The average Bonchev–Trinajstić information content (AvgIpc) is 3.33. The minimum absolute atomic E-state index is 0.281. The third-order valence-corrected chi connectivity index (χ3v) is 5.39. The number of hydrogen-bond acceptors (Lipinski definition) is 2. The Morgan fingerprint density at radius 3 is 2.36 bits per heavy atom. The van der Waals surface area contributed by atoms with Crippen LogP contribution in [0.15, 0.2) is 72.4 Å². The van der Waals surface area contributed by atoms with Crippen molar-refractivity contribution in [2.24, 2.45) is 0 Å². The summed E-state index contributed by atoms with van der Waals surface area (Å²) in [5.74, 6) is -0.943. The van der Waals surface area contributed by atoms with E-state index in [9.17, 15) is 13.6 Å². The zero-order valence-electron chi connectivity index (χ0n) is 14.9. The third-order valence-electron chi connectivity index (χ3n) is 4.43. The number of carbonyl (C=O) groups is 1. The van der Waals surface area contributed by atoms with Gasteiger partial charge in [-0.2, -0.15) is 0 Å². The summed E-state index contributed by atoms with van der Waals surface area (Å²) in [6.07, 6.45) is 3.71. The number of aryl methyl sites for hydroxylation is 1. The van der Waals surface area contributed by atoms with Gasteiger partial charge in [-0.15, -0.1) is 11.3 Å². The molecule has 4 rings (SSSR count). The molecule has 140 valence electrons. The fraction of sp³-hybridized carbons (Fsp3) is 0.0455. The minimum atomic E-state index is -0.349. The van der Waals surface area contributed by atoms with Crippen molar-refractivity contribution in [1.29, 1.82) is 0 Å². The Kier molecular flexibility index (Phi) is 4.79. The Bertz CT molecular complexity index is 1130. The lowest BCUT2D eigenvalue weighted by atomic mass is 10.1.